The molecule has 12 heteroatoms. The molecule has 0 unspecified atom stereocenters. The maximum atomic E-state index is 13.7. The van der Waals surface area contributed by atoms with Crippen molar-refractivity contribution in [2.75, 3.05) is 16.8 Å². The Kier molecular flexibility index (Phi) is 7.10. The fourth-order valence-corrected chi connectivity index (χ4v) is 7.86. The Morgan fingerprint density at radius 1 is 0.976 bits per heavy atom. The molecule has 208 valence electrons. The van der Waals surface area contributed by atoms with Crippen LogP contribution in [0.25, 0.3) is 0 Å². The van der Waals surface area contributed by atoms with E-state index in [-0.39, 0.29) is 29.8 Å². The van der Waals surface area contributed by atoms with Crippen LogP contribution in [0.1, 0.15) is 33.8 Å². The second-order valence-corrected chi connectivity index (χ2v) is 11.5. The Morgan fingerprint density at radius 3 is 2.41 bits per heavy atom. The molecule has 0 bridgehead atoms. The number of nitrogens with one attached hydrogen (secondary N) is 1. The zero-order valence-electron chi connectivity index (χ0n) is 21.6. The lowest BCUT2D eigenvalue weighted by molar-refractivity contribution is -0.122. The van der Waals surface area contributed by atoms with Crippen molar-refractivity contribution >= 4 is 58.2 Å². The molecule has 2 aromatic heterocycles. The third-order valence-corrected chi connectivity index (χ3v) is 9.50. The maximum Gasteiger partial charge on any atom is 0.338 e. The van der Waals surface area contributed by atoms with Crippen LogP contribution in [0.5, 0.6) is 0 Å². The molecule has 4 heterocycles. The van der Waals surface area contributed by atoms with Crippen molar-refractivity contribution in [1.29, 1.82) is 0 Å². The van der Waals surface area contributed by atoms with E-state index in [1.807, 2.05) is 0 Å². The third-order valence-electron chi connectivity index (χ3n) is 6.89. The Hall–Kier alpha value is -4.42. The number of carbonyl (C=O) groups is 4. The minimum Gasteiger partial charge on any atom is -0.469 e. The molecule has 0 aliphatic carbocycles. The van der Waals surface area contributed by atoms with Gasteiger partial charge in [-0.2, -0.15) is 0 Å². The Morgan fingerprint density at radius 2 is 1.73 bits per heavy atom. The first-order chi connectivity index (χ1) is 19.9. The number of hydrogen-bond donors (Lipinski definition) is 1. The molecule has 0 radical (unpaired) electrons. The molecule has 10 nitrogen and oxygen atoms in total. The van der Waals surface area contributed by atoms with Crippen molar-refractivity contribution in [3.8, 4) is 0 Å². The molecular weight excluding hydrogens is 566 g/mol. The molecule has 4 aromatic rings. The number of amides is 3. The number of nitrogens with zero attached hydrogens (tertiary/aromatic N) is 2. The maximum absolute atomic E-state index is 13.7. The molecule has 0 saturated carbocycles. The van der Waals surface area contributed by atoms with Gasteiger partial charge in [0.1, 0.15) is 17.6 Å². The normalized spacial score (nSPS) is 19.5. The third kappa shape index (κ3) is 4.78. The van der Waals surface area contributed by atoms with E-state index in [1.165, 1.54) is 27.9 Å². The first kappa shape index (κ1) is 26.8. The smallest absolute Gasteiger partial charge is 0.338 e. The van der Waals surface area contributed by atoms with Crippen LogP contribution in [-0.4, -0.2) is 40.1 Å². The molecule has 41 heavy (non-hydrogen) atoms. The van der Waals surface area contributed by atoms with Crippen LogP contribution in [0.2, 0.25) is 0 Å². The van der Waals surface area contributed by atoms with E-state index in [4.69, 9.17) is 9.15 Å². The number of furan rings is 1. The Labute approximate surface area is 241 Å². The predicted molar refractivity (Wildman–Crippen MR) is 152 cm³/mol. The largest absolute Gasteiger partial charge is 0.469 e. The van der Waals surface area contributed by atoms with Gasteiger partial charge >= 0.3 is 10.8 Å². The summed E-state index contributed by atoms with van der Waals surface area (Å²) < 4.78 is 12.0. The van der Waals surface area contributed by atoms with Gasteiger partial charge in [0.2, 0.25) is 17.7 Å². The highest BCUT2D eigenvalue weighted by Crippen LogP contribution is 2.53. The van der Waals surface area contributed by atoms with Crippen molar-refractivity contribution in [1.82, 2.24) is 4.57 Å². The lowest BCUT2D eigenvalue weighted by atomic mass is 9.87. The first-order valence-electron chi connectivity index (χ1n) is 12.8. The van der Waals surface area contributed by atoms with Crippen molar-refractivity contribution < 1.29 is 28.3 Å². The fourth-order valence-electron chi connectivity index (χ4n) is 5.11. The van der Waals surface area contributed by atoms with Gasteiger partial charge in [0.25, 0.3) is 0 Å². The monoisotopic (exact) mass is 589 g/mol. The van der Waals surface area contributed by atoms with Gasteiger partial charge in [-0.15, -0.1) is 0 Å². The molecule has 2 aliphatic heterocycles. The van der Waals surface area contributed by atoms with Gasteiger partial charge in [0, 0.05) is 5.69 Å². The number of fused-ring (bicyclic) bond motifs is 2. The highest BCUT2D eigenvalue weighted by atomic mass is 32.2. The molecule has 2 aliphatic rings. The van der Waals surface area contributed by atoms with Crippen molar-refractivity contribution in [3.05, 3.63) is 98.9 Å². The van der Waals surface area contributed by atoms with Crippen LogP contribution in [-0.2, 0) is 25.7 Å². The summed E-state index contributed by atoms with van der Waals surface area (Å²) in [5, 5.41) is 2.40. The average molecular weight is 590 g/mol. The number of benzene rings is 2. The Bertz CT molecular complexity index is 1690. The lowest BCUT2D eigenvalue weighted by Crippen LogP contribution is -2.32. The molecule has 1 N–H and O–H groups in total. The van der Waals surface area contributed by atoms with Crippen molar-refractivity contribution in [2.24, 2.45) is 5.92 Å². The highest BCUT2D eigenvalue weighted by molar-refractivity contribution is 8.00. The number of anilines is 2. The number of esters is 1. The van der Waals surface area contributed by atoms with Gasteiger partial charge in [-0.1, -0.05) is 41.3 Å². The molecule has 3 amide bonds. The summed E-state index contributed by atoms with van der Waals surface area (Å²) >= 11 is 2.08. The topological polar surface area (TPSA) is 128 Å². The van der Waals surface area contributed by atoms with Crippen LogP contribution in [0.3, 0.4) is 0 Å². The van der Waals surface area contributed by atoms with Crippen LogP contribution < -0.4 is 15.1 Å². The van der Waals surface area contributed by atoms with Crippen LogP contribution in [0.4, 0.5) is 11.4 Å². The van der Waals surface area contributed by atoms with Gasteiger partial charge < -0.3 is 14.5 Å². The average Bonchev–Trinajstić information content (AvgIpc) is 3.67. The molecular formula is C29H23N3O7S2. The van der Waals surface area contributed by atoms with E-state index in [9.17, 15) is 24.0 Å². The number of para-hydroxylation sites is 1. The number of aromatic nitrogens is 1. The summed E-state index contributed by atoms with van der Waals surface area (Å²) in [5.41, 5.74) is 1.27. The number of thioether (sulfide) groups is 1. The second-order valence-electron chi connectivity index (χ2n) is 9.37. The molecule has 3 atom stereocenters. The van der Waals surface area contributed by atoms with E-state index in [0.29, 0.717) is 32.6 Å². The molecule has 1 saturated heterocycles. The van der Waals surface area contributed by atoms with Crippen LogP contribution in [0.15, 0.2) is 87.2 Å². The number of hydrogen-bond acceptors (Lipinski definition) is 9. The summed E-state index contributed by atoms with van der Waals surface area (Å²) in [6, 6.07) is 18.4. The van der Waals surface area contributed by atoms with Crippen LogP contribution in [0, 0.1) is 5.92 Å². The van der Waals surface area contributed by atoms with E-state index in [1.54, 1.807) is 61.5 Å². The lowest BCUT2D eigenvalue weighted by Gasteiger charge is -2.29. The number of rotatable bonds is 7. The Balaban J connectivity index is 1.30. The SMILES string of the molecule is CCOC(=O)c1ccc(NC(=O)Cn2c3c(sc2=O)[C@@H](c2ccco2)[C@@H]2C(=O)N(c4ccccc4)C(=O)[C@@H]2S3)cc1. The second kappa shape index (κ2) is 10.9. The standard InChI is InChI=1S/C29H23N3O7S2/c1-2-38-28(36)16-10-12-17(13-11-16)30-20(33)15-31-27-24(41-29(31)37)21(19-9-6-14-39-19)22-23(40-27)26(35)32(25(22)34)18-7-4-3-5-8-18/h3-14,21-23H,2,15H2,1H3,(H,30,33)/t21-,22-,23+/m0/s1. The van der Waals surface area contributed by atoms with Gasteiger partial charge in [-0.3, -0.25) is 23.7 Å². The highest BCUT2D eigenvalue weighted by Gasteiger charge is 2.57. The van der Waals surface area contributed by atoms with Crippen molar-refractivity contribution in [2.45, 2.75) is 29.7 Å². The van der Waals surface area contributed by atoms with Crippen molar-refractivity contribution in [3.63, 3.8) is 0 Å². The number of imide groups is 1. The minimum atomic E-state index is -0.802. The molecule has 1 fully saturated rings. The predicted octanol–water partition coefficient (Wildman–Crippen LogP) is 4.11. The van der Waals surface area contributed by atoms with Gasteiger partial charge in [0.05, 0.1) is 45.9 Å². The van der Waals surface area contributed by atoms with E-state index < -0.39 is 29.0 Å². The quantitative estimate of drug-likeness (QED) is 0.252. The zero-order chi connectivity index (χ0) is 28.7. The fraction of sp³-hybridized carbons (Fsp3) is 0.207. The van der Waals surface area contributed by atoms with E-state index in [0.717, 1.165) is 23.1 Å². The summed E-state index contributed by atoms with van der Waals surface area (Å²) in [6.07, 6.45) is 1.49. The minimum absolute atomic E-state index is 0.251. The molecule has 0 spiro atoms. The first-order valence-corrected chi connectivity index (χ1v) is 14.5. The summed E-state index contributed by atoms with van der Waals surface area (Å²) in [7, 11) is 0. The van der Waals surface area contributed by atoms with Gasteiger partial charge in [0.15, 0.2) is 0 Å². The van der Waals surface area contributed by atoms with E-state index >= 15 is 0 Å². The number of thiazole rings is 1. The van der Waals surface area contributed by atoms with Gasteiger partial charge in [-0.25, -0.2) is 9.69 Å². The van der Waals surface area contributed by atoms with Crippen LogP contribution >= 0.6 is 23.1 Å². The number of ether oxygens (including phenoxy) is 1. The molecule has 2 aromatic carbocycles. The van der Waals surface area contributed by atoms with Gasteiger partial charge in [-0.05, 0) is 55.5 Å². The summed E-state index contributed by atoms with van der Waals surface area (Å²) in [6.45, 7) is 1.66. The summed E-state index contributed by atoms with van der Waals surface area (Å²) in [4.78, 5) is 66.8. The number of carbonyl (C=O) groups excluding carboxylic acids is 4. The van der Waals surface area contributed by atoms with E-state index in [2.05, 4.69) is 5.32 Å². The summed E-state index contributed by atoms with van der Waals surface area (Å²) in [5.74, 6) is -2.63. The molecule has 6 rings (SSSR count). The zero-order valence-corrected chi connectivity index (χ0v) is 23.3.